The number of carbonyl (C=O) groups excluding carboxylic acids is 1. The van der Waals surface area contributed by atoms with Gasteiger partial charge in [-0.15, -0.1) is 6.58 Å². The Bertz CT molecular complexity index is 275. The maximum atomic E-state index is 12.0. The van der Waals surface area contributed by atoms with Gasteiger partial charge in [0.25, 0.3) is 0 Å². The van der Waals surface area contributed by atoms with Crippen LogP contribution in [0.5, 0.6) is 0 Å². The smallest absolute Gasteiger partial charge is 0.136 e. The normalized spacial score (nSPS) is 36.8. The third-order valence-corrected chi connectivity index (χ3v) is 4.87. The van der Waals surface area contributed by atoms with Gasteiger partial charge in [0.15, 0.2) is 0 Å². The first-order valence-corrected chi connectivity index (χ1v) is 6.21. The molecule has 0 heterocycles. The van der Waals surface area contributed by atoms with E-state index >= 15 is 0 Å². The highest BCUT2D eigenvalue weighted by molar-refractivity contribution is 5.81. The highest BCUT2D eigenvalue weighted by Crippen LogP contribution is 2.61. The molecule has 3 saturated carbocycles. The van der Waals surface area contributed by atoms with Crippen LogP contribution in [-0.4, -0.2) is 5.78 Å². The Morgan fingerprint density at radius 2 is 2.20 bits per heavy atom. The van der Waals surface area contributed by atoms with Crippen LogP contribution in [0.25, 0.3) is 0 Å². The number of Topliss-reactive ketones (excluding diaryl/α,β-unsaturated/α-hetero) is 1. The lowest BCUT2D eigenvalue weighted by Crippen LogP contribution is -2.54. The van der Waals surface area contributed by atoms with Gasteiger partial charge >= 0.3 is 0 Å². The van der Waals surface area contributed by atoms with E-state index in [1.807, 2.05) is 6.08 Å². The second-order valence-corrected chi connectivity index (χ2v) is 5.84. The number of allylic oxidation sites excluding steroid dienone is 1. The van der Waals surface area contributed by atoms with Crippen molar-refractivity contribution in [3.05, 3.63) is 12.7 Å². The van der Waals surface area contributed by atoms with Crippen molar-refractivity contribution in [2.75, 3.05) is 0 Å². The molecule has 0 aliphatic heterocycles. The second-order valence-electron chi connectivity index (χ2n) is 5.84. The van der Waals surface area contributed by atoms with Crippen LogP contribution in [0.4, 0.5) is 0 Å². The topological polar surface area (TPSA) is 17.1 Å². The predicted octanol–water partition coefficient (Wildman–Crippen LogP) is 3.59. The molecule has 1 heteroatoms. The summed E-state index contributed by atoms with van der Waals surface area (Å²) in [5.41, 5.74) is 0.437. The molecule has 0 aromatic heterocycles. The predicted molar refractivity (Wildman–Crippen MR) is 62.5 cm³/mol. The summed E-state index contributed by atoms with van der Waals surface area (Å²) in [6.07, 6.45) is 7.15. The van der Waals surface area contributed by atoms with Crippen molar-refractivity contribution >= 4 is 5.78 Å². The van der Waals surface area contributed by atoms with E-state index in [-0.39, 0.29) is 0 Å². The van der Waals surface area contributed by atoms with E-state index in [0.29, 0.717) is 29.5 Å². The van der Waals surface area contributed by atoms with Crippen LogP contribution >= 0.6 is 0 Å². The fraction of sp³-hybridized carbons (Fsp3) is 0.786. The molecule has 3 aliphatic carbocycles. The van der Waals surface area contributed by atoms with Crippen molar-refractivity contribution in [3.8, 4) is 0 Å². The molecule has 1 nitrogen and oxygen atoms in total. The molecule has 0 N–H and O–H groups in total. The second kappa shape index (κ2) is 3.77. The van der Waals surface area contributed by atoms with Crippen LogP contribution < -0.4 is 0 Å². The van der Waals surface area contributed by atoms with Gasteiger partial charge in [-0.1, -0.05) is 19.9 Å². The van der Waals surface area contributed by atoms with Crippen molar-refractivity contribution < 1.29 is 4.79 Å². The zero-order valence-electron chi connectivity index (χ0n) is 9.96. The Kier molecular flexibility index (Phi) is 2.74. The third-order valence-electron chi connectivity index (χ3n) is 4.87. The van der Waals surface area contributed by atoms with E-state index in [0.717, 1.165) is 18.8 Å². The molecule has 3 aliphatic rings. The molecule has 3 atom stereocenters. The number of rotatable bonds is 4. The number of hydrogen-bond donors (Lipinski definition) is 0. The van der Waals surface area contributed by atoms with Crippen LogP contribution in [0.15, 0.2) is 12.7 Å². The van der Waals surface area contributed by atoms with E-state index in [2.05, 4.69) is 20.4 Å². The summed E-state index contributed by atoms with van der Waals surface area (Å²) in [5.74, 6) is 2.43. The van der Waals surface area contributed by atoms with E-state index in [1.165, 1.54) is 12.8 Å². The Morgan fingerprint density at radius 1 is 1.47 bits per heavy atom. The van der Waals surface area contributed by atoms with Crippen molar-refractivity contribution in [1.29, 1.82) is 0 Å². The van der Waals surface area contributed by atoms with Crippen molar-refractivity contribution in [2.24, 2.45) is 23.2 Å². The fourth-order valence-corrected chi connectivity index (χ4v) is 3.63. The van der Waals surface area contributed by atoms with Crippen LogP contribution in [0, 0.1) is 23.2 Å². The summed E-state index contributed by atoms with van der Waals surface area (Å²) in [5, 5.41) is 0. The molecular weight excluding hydrogens is 184 g/mol. The van der Waals surface area contributed by atoms with E-state index < -0.39 is 0 Å². The van der Waals surface area contributed by atoms with E-state index in [1.54, 1.807) is 0 Å². The van der Waals surface area contributed by atoms with E-state index in [9.17, 15) is 4.79 Å². The Labute approximate surface area is 92.9 Å². The molecule has 0 amide bonds. The van der Waals surface area contributed by atoms with Crippen LogP contribution in [0.1, 0.15) is 46.0 Å². The number of carbonyl (C=O) groups is 1. The van der Waals surface area contributed by atoms with Crippen molar-refractivity contribution in [2.45, 2.75) is 46.0 Å². The average molecular weight is 206 g/mol. The van der Waals surface area contributed by atoms with Crippen molar-refractivity contribution in [3.63, 3.8) is 0 Å². The summed E-state index contributed by atoms with van der Waals surface area (Å²) >= 11 is 0. The monoisotopic (exact) mass is 206 g/mol. The molecule has 1 unspecified atom stereocenters. The summed E-state index contributed by atoms with van der Waals surface area (Å²) < 4.78 is 0. The van der Waals surface area contributed by atoms with Gasteiger partial charge in [-0.2, -0.15) is 0 Å². The van der Waals surface area contributed by atoms with Gasteiger partial charge in [-0.05, 0) is 42.9 Å². The standard InChI is InChI=1S/C14H22O/c1-4-5-6-13(15)11-8-7-10-9-12(11)14(10,2)3/h4,10-12H,1,5-9H2,2-3H3/t10-,11?,12-/m0/s1. The minimum atomic E-state index is 0.366. The van der Waals surface area contributed by atoms with Crippen LogP contribution in [-0.2, 0) is 4.79 Å². The van der Waals surface area contributed by atoms with Gasteiger partial charge in [-0.3, -0.25) is 4.79 Å². The molecule has 0 saturated heterocycles. The first-order valence-electron chi connectivity index (χ1n) is 6.21. The fourth-order valence-electron chi connectivity index (χ4n) is 3.63. The third kappa shape index (κ3) is 1.66. The van der Waals surface area contributed by atoms with Gasteiger partial charge in [0.1, 0.15) is 5.78 Å². The SMILES string of the molecule is C=CCCC(=O)C1CC[C@H]2C[C@@H]1C2(C)C. The summed E-state index contributed by atoms with van der Waals surface area (Å²) in [4.78, 5) is 12.0. The molecule has 0 radical (unpaired) electrons. The number of ketones is 1. The lowest BCUT2D eigenvalue weighted by molar-refractivity contribution is -0.146. The maximum Gasteiger partial charge on any atom is 0.136 e. The van der Waals surface area contributed by atoms with E-state index in [4.69, 9.17) is 0 Å². The quantitative estimate of drug-likeness (QED) is 0.642. The first-order chi connectivity index (χ1) is 7.07. The largest absolute Gasteiger partial charge is 0.299 e. The Hall–Kier alpha value is -0.590. The highest BCUT2D eigenvalue weighted by Gasteiger charge is 2.55. The van der Waals surface area contributed by atoms with Crippen molar-refractivity contribution in [1.82, 2.24) is 0 Å². The maximum absolute atomic E-state index is 12.0. The lowest BCUT2D eigenvalue weighted by Gasteiger charge is -2.59. The zero-order chi connectivity index (χ0) is 11.1. The summed E-state index contributed by atoms with van der Waals surface area (Å²) in [6, 6.07) is 0. The number of fused-ring (bicyclic) bond motifs is 2. The van der Waals surface area contributed by atoms with Gasteiger partial charge in [0.2, 0.25) is 0 Å². The van der Waals surface area contributed by atoms with Crippen LogP contribution in [0.2, 0.25) is 0 Å². The van der Waals surface area contributed by atoms with Gasteiger partial charge in [0.05, 0.1) is 0 Å². The van der Waals surface area contributed by atoms with Gasteiger partial charge < -0.3 is 0 Å². The Balaban J connectivity index is 1.98. The zero-order valence-corrected chi connectivity index (χ0v) is 9.96. The number of hydrogen-bond acceptors (Lipinski definition) is 1. The molecule has 0 aromatic rings. The summed E-state index contributed by atoms with van der Waals surface area (Å²) in [6.45, 7) is 8.38. The van der Waals surface area contributed by atoms with Gasteiger partial charge in [0, 0.05) is 12.3 Å². The molecule has 0 aromatic carbocycles. The Morgan fingerprint density at radius 3 is 2.73 bits per heavy atom. The lowest BCUT2D eigenvalue weighted by atomic mass is 9.45. The first kappa shape index (κ1) is 10.9. The summed E-state index contributed by atoms with van der Waals surface area (Å²) in [7, 11) is 0. The molecular formula is C14H22O. The molecule has 84 valence electrons. The molecule has 3 rings (SSSR count). The molecule has 15 heavy (non-hydrogen) atoms. The van der Waals surface area contributed by atoms with Crippen LogP contribution in [0.3, 0.4) is 0 Å². The molecule has 0 spiro atoms. The minimum absolute atomic E-state index is 0.366. The average Bonchev–Trinajstić information content (AvgIpc) is 2.25. The molecule has 3 fully saturated rings. The minimum Gasteiger partial charge on any atom is -0.299 e. The van der Waals surface area contributed by atoms with Gasteiger partial charge in [-0.25, -0.2) is 0 Å². The highest BCUT2D eigenvalue weighted by atomic mass is 16.1. The molecule has 2 bridgehead atoms.